The molecule has 0 aliphatic carbocycles. The predicted octanol–water partition coefficient (Wildman–Crippen LogP) is 3.20. The molecular weight excluding hydrogens is 320 g/mol. The molecule has 0 unspecified atom stereocenters. The number of ether oxygens (including phenoxy) is 2. The summed E-state index contributed by atoms with van der Waals surface area (Å²) in [6.45, 7) is -0.634. The Balaban J connectivity index is 1.95. The Morgan fingerprint density at radius 1 is 1.29 bits per heavy atom. The predicted molar refractivity (Wildman–Crippen MR) is 82.4 cm³/mol. The molecule has 1 atom stereocenters. The molecule has 0 saturated heterocycles. The first-order valence-corrected chi connectivity index (χ1v) is 7.63. The van der Waals surface area contributed by atoms with E-state index in [0.717, 1.165) is 5.56 Å². The van der Waals surface area contributed by atoms with Gasteiger partial charge in [0.2, 0.25) is 0 Å². The molecule has 1 heterocycles. The van der Waals surface area contributed by atoms with Crippen LogP contribution in [0.4, 0.5) is 13.6 Å². The lowest BCUT2D eigenvalue weighted by Gasteiger charge is -2.27. The number of hydrogen-bond donors (Lipinski definition) is 1. The average Bonchev–Trinajstić information content (AvgIpc) is 2.56. The van der Waals surface area contributed by atoms with Crippen LogP contribution in [0.3, 0.4) is 0 Å². The molecule has 0 radical (unpaired) electrons. The van der Waals surface area contributed by atoms with Gasteiger partial charge in [0, 0.05) is 12.8 Å². The van der Waals surface area contributed by atoms with E-state index in [-0.39, 0.29) is 13.0 Å². The van der Waals surface area contributed by atoms with Crippen molar-refractivity contribution in [3.05, 3.63) is 48.0 Å². The summed E-state index contributed by atoms with van der Waals surface area (Å²) in [5, 5.41) is 2.09. The standard InChI is InChI=1S/C17H19F2NO4/c18-17(19)10-6-2-5-9-15(21)23-12-14(17)20-16(22)24-11-13-7-3-1-4-8-13/h1-4,6-8,14H,5,9-12H2,(H,20,22)/b6-2-/t14-/m1/s1. The molecule has 0 bridgehead atoms. The van der Waals surface area contributed by atoms with Crippen molar-refractivity contribution >= 4 is 12.1 Å². The number of allylic oxidation sites excluding steroid dienone is 2. The number of carbonyl (C=O) groups excluding carboxylic acids is 2. The fourth-order valence-corrected chi connectivity index (χ4v) is 2.13. The second-order valence-corrected chi connectivity index (χ2v) is 5.42. The first-order valence-electron chi connectivity index (χ1n) is 7.63. The Morgan fingerprint density at radius 2 is 2.04 bits per heavy atom. The summed E-state index contributed by atoms with van der Waals surface area (Å²) < 4.78 is 38.1. The van der Waals surface area contributed by atoms with Gasteiger partial charge < -0.3 is 14.8 Å². The van der Waals surface area contributed by atoms with E-state index in [4.69, 9.17) is 9.47 Å². The van der Waals surface area contributed by atoms with Gasteiger partial charge in [0.1, 0.15) is 19.3 Å². The van der Waals surface area contributed by atoms with Crippen LogP contribution in [-0.2, 0) is 20.9 Å². The Labute approximate surface area is 138 Å². The average molecular weight is 339 g/mol. The molecule has 24 heavy (non-hydrogen) atoms. The molecule has 0 saturated carbocycles. The summed E-state index contributed by atoms with van der Waals surface area (Å²) in [5.41, 5.74) is 0.736. The maximum Gasteiger partial charge on any atom is 0.408 e. The third-order valence-corrected chi connectivity index (χ3v) is 3.50. The van der Waals surface area contributed by atoms with Crippen LogP contribution < -0.4 is 5.32 Å². The van der Waals surface area contributed by atoms with Crippen LogP contribution >= 0.6 is 0 Å². The highest BCUT2D eigenvalue weighted by Gasteiger charge is 2.41. The Hall–Kier alpha value is -2.44. The molecule has 1 aromatic carbocycles. The topological polar surface area (TPSA) is 64.6 Å². The van der Waals surface area contributed by atoms with Gasteiger partial charge in [-0.15, -0.1) is 0 Å². The fraction of sp³-hybridized carbons (Fsp3) is 0.412. The largest absolute Gasteiger partial charge is 0.463 e. The van der Waals surface area contributed by atoms with Crippen molar-refractivity contribution in [1.29, 1.82) is 0 Å². The molecule has 130 valence electrons. The van der Waals surface area contributed by atoms with E-state index in [1.54, 1.807) is 24.3 Å². The van der Waals surface area contributed by atoms with Crippen molar-refractivity contribution in [3.8, 4) is 0 Å². The zero-order valence-electron chi connectivity index (χ0n) is 13.0. The smallest absolute Gasteiger partial charge is 0.408 e. The van der Waals surface area contributed by atoms with Gasteiger partial charge in [-0.05, 0) is 12.0 Å². The lowest BCUT2D eigenvalue weighted by atomic mass is 10.1. The molecule has 1 aliphatic heterocycles. The van der Waals surface area contributed by atoms with Crippen molar-refractivity contribution in [1.82, 2.24) is 5.32 Å². The minimum Gasteiger partial charge on any atom is -0.463 e. The summed E-state index contributed by atoms with van der Waals surface area (Å²) in [7, 11) is 0. The minimum atomic E-state index is -3.25. The molecule has 2 rings (SSSR count). The van der Waals surface area contributed by atoms with Crippen molar-refractivity contribution in [3.63, 3.8) is 0 Å². The van der Waals surface area contributed by atoms with Crippen molar-refractivity contribution in [2.45, 2.75) is 37.8 Å². The number of alkyl carbamates (subject to hydrolysis) is 1. The fourth-order valence-electron chi connectivity index (χ4n) is 2.13. The molecule has 0 aromatic heterocycles. The number of alkyl halides is 2. The maximum atomic E-state index is 14.2. The number of cyclic esters (lactones) is 1. The van der Waals surface area contributed by atoms with Crippen LogP contribution in [0.2, 0.25) is 0 Å². The summed E-state index contributed by atoms with van der Waals surface area (Å²) in [6.07, 6.45) is 1.75. The van der Waals surface area contributed by atoms with Crippen LogP contribution in [0.15, 0.2) is 42.5 Å². The molecule has 1 N–H and O–H groups in total. The highest BCUT2D eigenvalue weighted by atomic mass is 19.3. The molecule has 1 aromatic rings. The lowest BCUT2D eigenvalue weighted by Crippen LogP contribution is -2.50. The van der Waals surface area contributed by atoms with E-state index >= 15 is 0 Å². The van der Waals surface area contributed by atoms with Gasteiger partial charge in [0.15, 0.2) is 0 Å². The number of rotatable bonds is 3. The summed E-state index contributed by atoms with van der Waals surface area (Å²) in [6, 6.07) is 7.21. The molecule has 7 heteroatoms. The van der Waals surface area contributed by atoms with E-state index in [1.165, 1.54) is 12.2 Å². The monoisotopic (exact) mass is 339 g/mol. The van der Waals surface area contributed by atoms with Gasteiger partial charge in [0.25, 0.3) is 5.92 Å². The maximum absolute atomic E-state index is 14.2. The van der Waals surface area contributed by atoms with Gasteiger partial charge in [-0.3, -0.25) is 4.79 Å². The van der Waals surface area contributed by atoms with Crippen molar-refractivity contribution in [2.75, 3.05) is 6.61 Å². The summed E-state index contributed by atoms with van der Waals surface area (Å²) in [4.78, 5) is 23.2. The quantitative estimate of drug-likeness (QED) is 0.678. The van der Waals surface area contributed by atoms with Gasteiger partial charge >= 0.3 is 12.1 Å². The van der Waals surface area contributed by atoms with Gasteiger partial charge in [0.05, 0.1) is 0 Å². The third kappa shape index (κ3) is 5.64. The zero-order chi connectivity index (χ0) is 17.4. The Bertz CT molecular complexity index is 590. The van der Waals surface area contributed by atoms with Crippen LogP contribution in [-0.4, -0.2) is 30.6 Å². The van der Waals surface area contributed by atoms with Crippen LogP contribution in [0, 0.1) is 0 Å². The third-order valence-electron chi connectivity index (χ3n) is 3.50. The van der Waals surface area contributed by atoms with E-state index in [2.05, 4.69) is 5.32 Å². The minimum absolute atomic E-state index is 0.0370. The SMILES string of the molecule is O=C1CC/C=C\CC(F)(F)[C@H](NC(=O)OCc2ccccc2)CO1. The number of halogens is 2. The number of nitrogens with one attached hydrogen (secondary N) is 1. The zero-order valence-corrected chi connectivity index (χ0v) is 13.0. The van der Waals surface area contributed by atoms with Gasteiger partial charge in [-0.1, -0.05) is 42.5 Å². The van der Waals surface area contributed by atoms with Crippen LogP contribution in [0.25, 0.3) is 0 Å². The van der Waals surface area contributed by atoms with Crippen molar-refractivity contribution in [2.24, 2.45) is 0 Å². The first kappa shape index (κ1) is 17.9. The van der Waals surface area contributed by atoms with Crippen molar-refractivity contribution < 1.29 is 27.8 Å². The molecule has 1 amide bonds. The molecule has 5 nitrogen and oxygen atoms in total. The van der Waals surface area contributed by atoms with E-state index in [0.29, 0.717) is 6.42 Å². The number of amides is 1. The highest BCUT2D eigenvalue weighted by Crippen LogP contribution is 2.25. The Kier molecular flexibility index (Phi) is 6.28. The number of hydrogen-bond acceptors (Lipinski definition) is 4. The molecule has 1 aliphatic rings. The number of carbonyl (C=O) groups is 2. The van der Waals surface area contributed by atoms with Gasteiger partial charge in [-0.2, -0.15) is 0 Å². The van der Waals surface area contributed by atoms with E-state index in [1.807, 2.05) is 6.07 Å². The molecule has 0 spiro atoms. The number of benzene rings is 1. The second-order valence-electron chi connectivity index (χ2n) is 5.42. The molecule has 0 fully saturated rings. The second kappa shape index (κ2) is 8.42. The number of esters is 1. The summed E-state index contributed by atoms with van der Waals surface area (Å²) >= 11 is 0. The summed E-state index contributed by atoms with van der Waals surface area (Å²) in [5.74, 6) is -3.83. The van der Waals surface area contributed by atoms with Crippen LogP contribution in [0.5, 0.6) is 0 Å². The van der Waals surface area contributed by atoms with Gasteiger partial charge in [-0.25, -0.2) is 13.6 Å². The van der Waals surface area contributed by atoms with E-state index < -0.39 is 37.1 Å². The van der Waals surface area contributed by atoms with E-state index in [9.17, 15) is 18.4 Å². The first-order chi connectivity index (χ1) is 11.5. The Morgan fingerprint density at radius 3 is 2.79 bits per heavy atom. The molecular formula is C17H19F2NO4. The highest BCUT2D eigenvalue weighted by molar-refractivity contribution is 5.70. The normalized spacial score (nSPS) is 22.1. The van der Waals surface area contributed by atoms with Crippen LogP contribution in [0.1, 0.15) is 24.8 Å². The lowest BCUT2D eigenvalue weighted by molar-refractivity contribution is -0.148.